The number of nitriles is 2. The topological polar surface area (TPSA) is 83.2 Å². The summed E-state index contributed by atoms with van der Waals surface area (Å²) in [5.74, 6) is 0.440. The Bertz CT molecular complexity index is 3480. The molecule has 0 atom stereocenters. The fourth-order valence-corrected chi connectivity index (χ4v) is 8.76. The van der Waals surface area contributed by atoms with Gasteiger partial charge in [-0.05, 0) is 65.7 Å². The second-order valence-electron chi connectivity index (χ2n) is 14.8. The molecule has 0 saturated carbocycles. The third kappa shape index (κ3) is 5.48. The smallest absolute Gasteiger partial charge is 0.160 e. The number of hydrogen-bond acceptors (Lipinski definition) is 4. The van der Waals surface area contributed by atoms with E-state index in [4.69, 9.17) is 9.97 Å². The maximum absolute atomic E-state index is 10.7. The molecule has 0 aliphatic rings. The van der Waals surface area contributed by atoms with Gasteiger partial charge in [0.1, 0.15) is 11.6 Å². The molecule has 11 rings (SSSR count). The molecule has 3 heterocycles. The zero-order chi connectivity index (χ0) is 40.2. The van der Waals surface area contributed by atoms with Crippen molar-refractivity contribution in [1.29, 1.82) is 10.5 Å². The molecule has 8 aromatic carbocycles. The number of para-hydroxylation sites is 3. The van der Waals surface area contributed by atoms with E-state index in [9.17, 15) is 10.5 Å². The molecule has 60 heavy (non-hydrogen) atoms. The summed E-state index contributed by atoms with van der Waals surface area (Å²) in [5.41, 5.74) is 12.7. The summed E-state index contributed by atoms with van der Waals surface area (Å²) in [6.45, 7) is 0. The molecule has 0 unspecified atom stereocenters. The fraction of sp³-hybridized carbons (Fsp3) is 0. The lowest BCUT2D eigenvalue weighted by molar-refractivity contribution is 1.17. The Balaban J connectivity index is 1.12. The van der Waals surface area contributed by atoms with Crippen LogP contribution in [0.25, 0.3) is 100 Å². The quantitative estimate of drug-likeness (QED) is 0.169. The molecule has 0 saturated heterocycles. The van der Waals surface area contributed by atoms with Gasteiger partial charge in [0.25, 0.3) is 0 Å². The average molecular weight is 765 g/mol. The first kappa shape index (κ1) is 34.7. The van der Waals surface area contributed by atoms with Crippen LogP contribution in [0.15, 0.2) is 194 Å². The maximum atomic E-state index is 10.7. The van der Waals surface area contributed by atoms with Gasteiger partial charge in [-0.2, -0.15) is 10.5 Å². The van der Waals surface area contributed by atoms with Crippen molar-refractivity contribution >= 4 is 43.6 Å². The molecule has 11 aromatic rings. The summed E-state index contributed by atoms with van der Waals surface area (Å²) in [6, 6.07) is 70.8. The SMILES string of the molecule is N#Cc1cc(-c2nc(-c3ccccc3)c(C#N)c(-c3ccccc3)n2)ccc1-c1ccc2c(c1)c1ccc3c(c4ccccc4n3-c3ccccc3)c1n2-c1ccccc1. The van der Waals surface area contributed by atoms with Crippen LogP contribution in [0.1, 0.15) is 11.1 Å². The van der Waals surface area contributed by atoms with E-state index in [1.165, 1.54) is 10.8 Å². The number of rotatable bonds is 6. The maximum Gasteiger partial charge on any atom is 0.160 e. The molecule has 0 N–H and O–H groups in total. The molecule has 0 aliphatic heterocycles. The van der Waals surface area contributed by atoms with Crippen molar-refractivity contribution in [3.63, 3.8) is 0 Å². The van der Waals surface area contributed by atoms with Gasteiger partial charge in [-0.25, -0.2) is 9.97 Å². The Morgan fingerprint density at radius 2 is 0.950 bits per heavy atom. The van der Waals surface area contributed by atoms with Gasteiger partial charge < -0.3 is 9.13 Å². The minimum atomic E-state index is 0.401. The van der Waals surface area contributed by atoms with Gasteiger partial charge in [0.05, 0.1) is 45.1 Å². The Hall–Kier alpha value is -8.58. The molecular weight excluding hydrogens is 733 g/mol. The summed E-state index contributed by atoms with van der Waals surface area (Å²) < 4.78 is 4.73. The first-order valence-electron chi connectivity index (χ1n) is 19.8. The van der Waals surface area contributed by atoms with E-state index < -0.39 is 0 Å². The van der Waals surface area contributed by atoms with Crippen molar-refractivity contribution in [3.05, 3.63) is 205 Å². The molecule has 0 aliphatic carbocycles. The summed E-state index contributed by atoms with van der Waals surface area (Å²) in [7, 11) is 0. The Kier molecular flexibility index (Phi) is 8.15. The summed E-state index contributed by atoms with van der Waals surface area (Å²) in [6.07, 6.45) is 0. The molecule has 6 nitrogen and oxygen atoms in total. The zero-order valence-electron chi connectivity index (χ0n) is 32.2. The Labute approximate surface area is 345 Å². The molecule has 3 aromatic heterocycles. The third-order valence-corrected chi connectivity index (χ3v) is 11.4. The lowest BCUT2D eigenvalue weighted by Crippen LogP contribution is -2.01. The van der Waals surface area contributed by atoms with Crippen LogP contribution in [0.3, 0.4) is 0 Å². The highest BCUT2D eigenvalue weighted by atomic mass is 15.0. The predicted octanol–water partition coefficient (Wildman–Crippen LogP) is 13.1. The molecule has 0 bridgehead atoms. The van der Waals surface area contributed by atoms with Crippen LogP contribution >= 0.6 is 0 Å². The van der Waals surface area contributed by atoms with E-state index >= 15 is 0 Å². The third-order valence-electron chi connectivity index (χ3n) is 11.4. The van der Waals surface area contributed by atoms with E-state index in [2.05, 4.69) is 130 Å². The largest absolute Gasteiger partial charge is 0.309 e. The van der Waals surface area contributed by atoms with Crippen LogP contribution in [0.2, 0.25) is 0 Å². The van der Waals surface area contributed by atoms with Crippen molar-refractivity contribution in [2.45, 2.75) is 0 Å². The van der Waals surface area contributed by atoms with Crippen LogP contribution < -0.4 is 0 Å². The number of nitrogens with zero attached hydrogens (tertiary/aromatic N) is 6. The van der Waals surface area contributed by atoms with Crippen molar-refractivity contribution in [2.75, 3.05) is 0 Å². The van der Waals surface area contributed by atoms with Gasteiger partial charge in [-0.1, -0.05) is 140 Å². The monoisotopic (exact) mass is 764 g/mol. The van der Waals surface area contributed by atoms with Crippen molar-refractivity contribution in [2.24, 2.45) is 0 Å². The molecule has 0 fully saturated rings. The van der Waals surface area contributed by atoms with E-state index in [0.29, 0.717) is 33.9 Å². The van der Waals surface area contributed by atoms with E-state index in [1.807, 2.05) is 84.9 Å². The number of fused-ring (bicyclic) bond motifs is 7. The molecule has 0 spiro atoms. The summed E-state index contributed by atoms with van der Waals surface area (Å²) >= 11 is 0. The standard InChI is InChI=1S/C54H32N6/c55-33-39-31-38(54-57-51(35-15-5-1-6-16-35)46(34-56)52(58-54)36-17-7-2-8-18-36)25-27-42(39)37-26-29-48-45(32-37)43-28-30-49-50(53(43)60(48)41-21-11-4-12-22-41)44-23-13-14-24-47(44)59(49)40-19-9-3-10-20-40/h1-32H. The van der Waals surface area contributed by atoms with E-state index in [-0.39, 0.29) is 0 Å². The zero-order valence-corrected chi connectivity index (χ0v) is 32.2. The Morgan fingerprint density at radius 3 is 1.58 bits per heavy atom. The van der Waals surface area contributed by atoms with Crippen LogP contribution in [-0.2, 0) is 0 Å². The van der Waals surface area contributed by atoms with Crippen LogP contribution in [0.5, 0.6) is 0 Å². The van der Waals surface area contributed by atoms with Crippen molar-refractivity contribution in [1.82, 2.24) is 19.1 Å². The van der Waals surface area contributed by atoms with Gasteiger partial charge in [0.2, 0.25) is 0 Å². The second kappa shape index (κ2) is 14.1. The lowest BCUT2D eigenvalue weighted by atomic mass is 9.96. The van der Waals surface area contributed by atoms with Gasteiger partial charge >= 0.3 is 0 Å². The van der Waals surface area contributed by atoms with E-state index in [0.717, 1.165) is 66.5 Å². The highest BCUT2D eigenvalue weighted by molar-refractivity contribution is 6.26. The van der Waals surface area contributed by atoms with Gasteiger partial charge in [-0.15, -0.1) is 0 Å². The summed E-state index contributed by atoms with van der Waals surface area (Å²) in [5, 5.41) is 25.7. The minimum absolute atomic E-state index is 0.401. The first-order chi connectivity index (χ1) is 29.7. The molecule has 0 radical (unpaired) electrons. The molecule has 0 amide bonds. The lowest BCUT2D eigenvalue weighted by Gasteiger charge is -2.13. The first-order valence-corrected chi connectivity index (χ1v) is 19.8. The van der Waals surface area contributed by atoms with Gasteiger partial charge in [0.15, 0.2) is 5.82 Å². The van der Waals surface area contributed by atoms with Crippen LogP contribution in [0, 0.1) is 22.7 Å². The van der Waals surface area contributed by atoms with Crippen molar-refractivity contribution < 1.29 is 0 Å². The second-order valence-corrected chi connectivity index (χ2v) is 14.8. The van der Waals surface area contributed by atoms with E-state index in [1.54, 1.807) is 0 Å². The van der Waals surface area contributed by atoms with Crippen LogP contribution in [-0.4, -0.2) is 19.1 Å². The summed E-state index contributed by atoms with van der Waals surface area (Å²) in [4.78, 5) is 9.95. The number of benzene rings is 8. The Morgan fingerprint density at radius 1 is 0.400 bits per heavy atom. The van der Waals surface area contributed by atoms with Crippen molar-refractivity contribution in [3.8, 4) is 68.5 Å². The average Bonchev–Trinajstić information content (AvgIpc) is 3.84. The predicted molar refractivity (Wildman–Crippen MR) is 242 cm³/mol. The number of aromatic nitrogens is 4. The van der Waals surface area contributed by atoms with Crippen LogP contribution in [0.4, 0.5) is 0 Å². The normalized spacial score (nSPS) is 11.3. The highest BCUT2D eigenvalue weighted by Crippen LogP contribution is 2.43. The number of hydrogen-bond donors (Lipinski definition) is 0. The molecular formula is C54H32N6. The van der Waals surface area contributed by atoms with Gasteiger partial charge in [0, 0.05) is 49.6 Å². The van der Waals surface area contributed by atoms with Gasteiger partial charge in [-0.3, -0.25) is 0 Å². The fourth-order valence-electron chi connectivity index (χ4n) is 8.76. The highest BCUT2D eigenvalue weighted by Gasteiger charge is 2.23. The molecule has 278 valence electrons. The minimum Gasteiger partial charge on any atom is -0.309 e. The molecule has 6 heteroatoms.